The van der Waals surface area contributed by atoms with Gasteiger partial charge < -0.3 is 0 Å². The molecular formula is C14H7F5N4. The number of aromatic nitrogens is 4. The van der Waals surface area contributed by atoms with Crippen LogP contribution in [0.4, 0.5) is 22.0 Å². The van der Waals surface area contributed by atoms with Crippen molar-refractivity contribution in [1.82, 2.24) is 19.7 Å². The number of hydrogen-bond donors (Lipinski definition) is 0. The Morgan fingerprint density at radius 3 is 2.35 bits per heavy atom. The van der Waals surface area contributed by atoms with Crippen molar-refractivity contribution in [3.8, 4) is 17.2 Å². The fourth-order valence-electron chi connectivity index (χ4n) is 1.89. The van der Waals surface area contributed by atoms with E-state index in [-0.39, 0.29) is 17.2 Å². The number of alkyl halides is 3. The molecule has 118 valence electrons. The van der Waals surface area contributed by atoms with E-state index in [9.17, 15) is 22.0 Å². The predicted molar refractivity (Wildman–Crippen MR) is 69.5 cm³/mol. The molecular weight excluding hydrogens is 319 g/mol. The molecule has 2 heterocycles. The van der Waals surface area contributed by atoms with Gasteiger partial charge in [-0.1, -0.05) is 6.07 Å². The minimum Gasteiger partial charge on any atom is -0.237 e. The second kappa shape index (κ2) is 5.41. The second-order valence-electron chi connectivity index (χ2n) is 4.49. The van der Waals surface area contributed by atoms with Gasteiger partial charge >= 0.3 is 6.18 Å². The van der Waals surface area contributed by atoms with Crippen LogP contribution in [0.25, 0.3) is 17.2 Å². The standard InChI is InChI=1S/C14H7F5N4/c15-9-5-4-8(7-10(9)16)12-21-13(14(17,18)19)22-23(12)11-3-1-2-6-20-11/h1-7H. The van der Waals surface area contributed by atoms with Crippen LogP contribution in [-0.2, 0) is 6.18 Å². The van der Waals surface area contributed by atoms with Gasteiger partial charge in [-0.2, -0.15) is 17.9 Å². The number of benzene rings is 1. The van der Waals surface area contributed by atoms with Crippen LogP contribution in [0.15, 0.2) is 42.6 Å². The fourth-order valence-corrected chi connectivity index (χ4v) is 1.89. The van der Waals surface area contributed by atoms with Gasteiger partial charge in [-0.15, -0.1) is 5.10 Å². The lowest BCUT2D eigenvalue weighted by Gasteiger charge is -2.05. The molecule has 0 radical (unpaired) electrons. The van der Waals surface area contributed by atoms with Crippen LogP contribution in [0, 0.1) is 11.6 Å². The van der Waals surface area contributed by atoms with Crippen molar-refractivity contribution in [1.29, 1.82) is 0 Å². The molecule has 2 aromatic heterocycles. The third-order valence-corrected chi connectivity index (χ3v) is 2.90. The number of halogens is 5. The lowest BCUT2D eigenvalue weighted by Crippen LogP contribution is -2.09. The highest BCUT2D eigenvalue weighted by Crippen LogP contribution is 2.30. The van der Waals surface area contributed by atoms with Crippen LogP contribution in [0.5, 0.6) is 0 Å². The highest BCUT2D eigenvalue weighted by atomic mass is 19.4. The maximum atomic E-state index is 13.4. The van der Waals surface area contributed by atoms with Gasteiger partial charge in [0.1, 0.15) is 0 Å². The van der Waals surface area contributed by atoms with Gasteiger partial charge in [-0.3, -0.25) is 0 Å². The molecule has 0 bridgehead atoms. The first-order chi connectivity index (χ1) is 10.9. The highest BCUT2D eigenvalue weighted by molar-refractivity contribution is 5.57. The molecule has 0 saturated carbocycles. The van der Waals surface area contributed by atoms with Gasteiger partial charge in [0.05, 0.1) is 0 Å². The summed E-state index contributed by atoms with van der Waals surface area (Å²) in [6.07, 6.45) is -3.42. The highest BCUT2D eigenvalue weighted by Gasteiger charge is 2.37. The molecule has 3 rings (SSSR count). The zero-order chi connectivity index (χ0) is 16.6. The summed E-state index contributed by atoms with van der Waals surface area (Å²) in [6, 6.07) is 7.20. The maximum Gasteiger partial charge on any atom is 0.453 e. The molecule has 0 fully saturated rings. The van der Waals surface area contributed by atoms with Crippen LogP contribution >= 0.6 is 0 Å². The average Bonchev–Trinajstić information content (AvgIpc) is 2.96. The minimum absolute atomic E-state index is 0.0578. The average molecular weight is 326 g/mol. The number of nitrogens with zero attached hydrogens (tertiary/aromatic N) is 4. The molecule has 4 nitrogen and oxygen atoms in total. The van der Waals surface area contributed by atoms with E-state index < -0.39 is 23.6 Å². The summed E-state index contributed by atoms with van der Waals surface area (Å²) in [4.78, 5) is 7.29. The number of hydrogen-bond acceptors (Lipinski definition) is 3. The Bertz CT molecular complexity index is 842. The van der Waals surface area contributed by atoms with Gasteiger partial charge in [0.15, 0.2) is 23.3 Å². The topological polar surface area (TPSA) is 43.6 Å². The lowest BCUT2D eigenvalue weighted by molar-refractivity contribution is -0.144. The van der Waals surface area contributed by atoms with Gasteiger partial charge in [-0.05, 0) is 30.3 Å². The van der Waals surface area contributed by atoms with E-state index >= 15 is 0 Å². The minimum atomic E-state index is -4.78. The van der Waals surface area contributed by atoms with E-state index in [4.69, 9.17) is 0 Å². The summed E-state index contributed by atoms with van der Waals surface area (Å²) in [7, 11) is 0. The van der Waals surface area contributed by atoms with E-state index in [0.717, 1.165) is 22.9 Å². The Hall–Kier alpha value is -2.84. The lowest BCUT2D eigenvalue weighted by atomic mass is 10.2. The fraction of sp³-hybridized carbons (Fsp3) is 0.0714. The molecule has 0 amide bonds. The SMILES string of the molecule is Fc1ccc(-c2nc(C(F)(F)F)nn2-c2ccccn2)cc1F. The molecule has 0 aliphatic carbocycles. The van der Waals surface area contributed by atoms with E-state index in [0.29, 0.717) is 0 Å². The maximum absolute atomic E-state index is 13.4. The van der Waals surface area contributed by atoms with Gasteiger partial charge in [0, 0.05) is 11.8 Å². The van der Waals surface area contributed by atoms with Crippen molar-refractivity contribution in [2.24, 2.45) is 0 Å². The van der Waals surface area contributed by atoms with Crippen molar-refractivity contribution in [2.75, 3.05) is 0 Å². The quantitative estimate of drug-likeness (QED) is 0.676. The van der Waals surface area contributed by atoms with E-state index in [1.807, 2.05) is 0 Å². The molecule has 9 heteroatoms. The molecule has 23 heavy (non-hydrogen) atoms. The first-order valence-electron chi connectivity index (χ1n) is 6.27. The summed E-state index contributed by atoms with van der Waals surface area (Å²) in [6.45, 7) is 0. The van der Waals surface area contributed by atoms with Crippen LogP contribution < -0.4 is 0 Å². The third kappa shape index (κ3) is 2.89. The van der Waals surface area contributed by atoms with Crippen molar-refractivity contribution in [3.63, 3.8) is 0 Å². The zero-order valence-electron chi connectivity index (χ0n) is 11.2. The summed E-state index contributed by atoms with van der Waals surface area (Å²) < 4.78 is 65.8. The molecule has 0 spiro atoms. The van der Waals surface area contributed by atoms with Crippen LogP contribution in [0.3, 0.4) is 0 Å². The molecule has 0 unspecified atom stereocenters. The molecule has 0 N–H and O–H groups in total. The molecule has 0 atom stereocenters. The first-order valence-corrected chi connectivity index (χ1v) is 6.27. The Balaban J connectivity index is 2.22. The summed E-state index contributed by atoms with van der Waals surface area (Å²) in [5.74, 6) is -3.95. The monoisotopic (exact) mass is 326 g/mol. The normalized spacial score (nSPS) is 11.7. The van der Waals surface area contributed by atoms with E-state index in [1.54, 1.807) is 12.1 Å². The molecule has 3 aromatic rings. The largest absolute Gasteiger partial charge is 0.453 e. The Labute approximate surface area is 126 Å². The third-order valence-electron chi connectivity index (χ3n) is 2.90. The van der Waals surface area contributed by atoms with E-state index in [2.05, 4.69) is 15.1 Å². The van der Waals surface area contributed by atoms with Crippen LogP contribution in [0.1, 0.15) is 5.82 Å². The Morgan fingerprint density at radius 2 is 1.74 bits per heavy atom. The Kier molecular flexibility index (Phi) is 3.55. The first kappa shape index (κ1) is 15.1. The van der Waals surface area contributed by atoms with Crippen LogP contribution in [-0.4, -0.2) is 19.7 Å². The van der Waals surface area contributed by atoms with Crippen LogP contribution in [0.2, 0.25) is 0 Å². The smallest absolute Gasteiger partial charge is 0.237 e. The summed E-state index contributed by atoms with van der Waals surface area (Å²) in [5, 5.41) is 3.38. The molecule has 0 saturated heterocycles. The van der Waals surface area contributed by atoms with Gasteiger partial charge in [-0.25, -0.2) is 18.7 Å². The summed E-state index contributed by atoms with van der Waals surface area (Å²) in [5.41, 5.74) is -0.0578. The van der Waals surface area contributed by atoms with Crippen molar-refractivity contribution >= 4 is 0 Å². The van der Waals surface area contributed by atoms with Crippen molar-refractivity contribution in [3.05, 3.63) is 60.1 Å². The number of pyridine rings is 1. The second-order valence-corrected chi connectivity index (χ2v) is 4.49. The molecule has 0 aliphatic rings. The zero-order valence-corrected chi connectivity index (χ0v) is 11.2. The molecule has 0 aliphatic heterocycles. The summed E-state index contributed by atoms with van der Waals surface area (Å²) >= 11 is 0. The van der Waals surface area contributed by atoms with Crippen molar-refractivity contribution in [2.45, 2.75) is 6.18 Å². The van der Waals surface area contributed by atoms with Gasteiger partial charge in [0.2, 0.25) is 0 Å². The number of rotatable bonds is 2. The Morgan fingerprint density at radius 1 is 0.957 bits per heavy atom. The molecule has 1 aromatic carbocycles. The predicted octanol–water partition coefficient (Wildman–Crippen LogP) is 3.63. The van der Waals surface area contributed by atoms with Gasteiger partial charge in [0.25, 0.3) is 5.82 Å². The van der Waals surface area contributed by atoms with E-state index in [1.165, 1.54) is 12.3 Å². The van der Waals surface area contributed by atoms with Crippen molar-refractivity contribution < 1.29 is 22.0 Å².